The van der Waals surface area contributed by atoms with E-state index in [0.29, 0.717) is 28.5 Å². The minimum absolute atomic E-state index is 0.0659. The van der Waals surface area contributed by atoms with Crippen LogP contribution in [0.5, 0.6) is 11.5 Å². The molecular weight excluding hydrogens is 406 g/mol. The van der Waals surface area contributed by atoms with E-state index >= 15 is 0 Å². The Morgan fingerprint density at radius 3 is 2.36 bits per heavy atom. The molecule has 28 heavy (non-hydrogen) atoms. The number of hydrogen-bond acceptors (Lipinski definition) is 5. The van der Waals surface area contributed by atoms with Crippen LogP contribution in [0.3, 0.4) is 0 Å². The van der Waals surface area contributed by atoms with Gasteiger partial charge in [-0.3, -0.25) is 4.79 Å². The van der Waals surface area contributed by atoms with Gasteiger partial charge in [-0.25, -0.2) is 8.42 Å². The van der Waals surface area contributed by atoms with Crippen molar-refractivity contribution in [3.63, 3.8) is 0 Å². The average molecular weight is 426 g/mol. The Labute approximate surface area is 168 Å². The van der Waals surface area contributed by atoms with E-state index in [1.165, 1.54) is 42.8 Å². The van der Waals surface area contributed by atoms with Crippen molar-refractivity contribution in [2.45, 2.75) is 23.8 Å². The van der Waals surface area contributed by atoms with Crippen molar-refractivity contribution >= 4 is 27.6 Å². The predicted octanol–water partition coefficient (Wildman–Crippen LogP) is 3.12. The fourth-order valence-corrected chi connectivity index (χ4v) is 5.14. The summed E-state index contributed by atoms with van der Waals surface area (Å²) in [6, 6.07) is 8.39. The van der Waals surface area contributed by atoms with Crippen molar-refractivity contribution in [1.82, 2.24) is 4.31 Å². The first-order valence-corrected chi connectivity index (χ1v) is 10.3. The minimum Gasteiger partial charge on any atom is -0.493 e. The molecule has 0 spiro atoms. The highest BCUT2D eigenvalue weighted by atomic mass is 35.5. The number of halogens is 1. The summed E-state index contributed by atoms with van der Waals surface area (Å²) >= 11 is 5.86. The number of hydrogen-bond donors (Lipinski definition) is 1. The highest BCUT2D eigenvalue weighted by molar-refractivity contribution is 7.89. The molecule has 0 aromatic heterocycles. The summed E-state index contributed by atoms with van der Waals surface area (Å²) in [4.78, 5) is 11.6. The Kier molecular flexibility index (Phi) is 5.83. The van der Waals surface area contributed by atoms with E-state index in [0.717, 1.165) is 5.56 Å². The summed E-state index contributed by atoms with van der Waals surface area (Å²) in [5.74, 6) is -0.157. The molecule has 150 valence electrons. The smallest absolute Gasteiger partial charge is 0.305 e. The van der Waals surface area contributed by atoms with Crippen LogP contribution in [-0.2, 0) is 21.2 Å². The molecule has 1 heterocycles. The maximum atomic E-state index is 13.2. The van der Waals surface area contributed by atoms with Gasteiger partial charge in [0.2, 0.25) is 10.0 Å². The average Bonchev–Trinajstić information content (AvgIpc) is 2.66. The molecule has 1 N–H and O–H groups in total. The maximum absolute atomic E-state index is 13.2. The van der Waals surface area contributed by atoms with Crippen molar-refractivity contribution in [1.29, 1.82) is 0 Å². The van der Waals surface area contributed by atoms with Crippen LogP contribution in [0.15, 0.2) is 41.3 Å². The number of sulfonamides is 1. The molecule has 2 aromatic carbocycles. The summed E-state index contributed by atoms with van der Waals surface area (Å²) in [6.07, 6.45) is 0.0634. The Hall–Kier alpha value is -2.29. The van der Waals surface area contributed by atoms with Crippen LogP contribution in [0.2, 0.25) is 5.02 Å². The number of aliphatic carboxylic acids is 1. The van der Waals surface area contributed by atoms with E-state index in [4.69, 9.17) is 21.1 Å². The molecule has 9 heteroatoms. The van der Waals surface area contributed by atoms with E-state index in [-0.39, 0.29) is 17.9 Å². The number of rotatable bonds is 6. The minimum atomic E-state index is -3.91. The molecule has 0 unspecified atom stereocenters. The lowest BCUT2D eigenvalue weighted by Gasteiger charge is -2.36. The van der Waals surface area contributed by atoms with Crippen molar-refractivity contribution in [2.75, 3.05) is 20.8 Å². The topological polar surface area (TPSA) is 93.1 Å². The highest BCUT2D eigenvalue weighted by Gasteiger charge is 2.38. The fraction of sp³-hybridized carbons (Fsp3) is 0.316. The number of fused-ring (bicyclic) bond motifs is 1. The quantitative estimate of drug-likeness (QED) is 0.764. The van der Waals surface area contributed by atoms with Crippen LogP contribution in [-0.4, -0.2) is 44.6 Å². The monoisotopic (exact) mass is 425 g/mol. The summed E-state index contributed by atoms with van der Waals surface area (Å²) < 4.78 is 38.3. The first-order chi connectivity index (χ1) is 13.3. The van der Waals surface area contributed by atoms with Crippen molar-refractivity contribution in [3.8, 4) is 11.5 Å². The zero-order chi connectivity index (χ0) is 20.5. The van der Waals surface area contributed by atoms with E-state index in [1.807, 2.05) is 0 Å². The van der Waals surface area contributed by atoms with Gasteiger partial charge < -0.3 is 14.6 Å². The predicted molar refractivity (Wildman–Crippen MR) is 104 cm³/mol. The lowest BCUT2D eigenvalue weighted by Crippen LogP contribution is -2.41. The van der Waals surface area contributed by atoms with Gasteiger partial charge in [-0.05, 0) is 53.9 Å². The highest BCUT2D eigenvalue weighted by Crippen LogP contribution is 2.41. The Morgan fingerprint density at radius 2 is 1.79 bits per heavy atom. The molecule has 0 fully saturated rings. The lowest BCUT2D eigenvalue weighted by atomic mass is 9.92. The molecule has 1 aliphatic heterocycles. The number of carbonyl (C=O) groups is 1. The maximum Gasteiger partial charge on any atom is 0.305 e. The first-order valence-electron chi connectivity index (χ1n) is 8.52. The zero-order valence-electron chi connectivity index (χ0n) is 15.4. The number of carboxylic acids is 1. The zero-order valence-corrected chi connectivity index (χ0v) is 17.0. The van der Waals surface area contributed by atoms with Gasteiger partial charge in [-0.15, -0.1) is 0 Å². The summed E-state index contributed by atoms with van der Waals surface area (Å²) in [7, 11) is -0.926. The molecule has 3 rings (SSSR count). The Balaban J connectivity index is 2.10. The Morgan fingerprint density at radius 1 is 1.18 bits per heavy atom. The molecular formula is C19H20ClNO6S. The number of nitrogens with zero attached hydrogens (tertiary/aromatic N) is 1. The van der Waals surface area contributed by atoms with Crippen molar-refractivity contribution in [3.05, 3.63) is 52.5 Å². The van der Waals surface area contributed by atoms with Gasteiger partial charge in [0.25, 0.3) is 0 Å². The second-order valence-corrected chi connectivity index (χ2v) is 8.67. The summed E-state index contributed by atoms with van der Waals surface area (Å²) in [5.41, 5.74) is 1.44. The van der Waals surface area contributed by atoms with Crippen LogP contribution in [0.25, 0.3) is 0 Å². The lowest BCUT2D eigenvalue weighted by molar-refractivity contribution is -0.138. The van der Waals surface area contributed by atoms with Crippen LogP contribution < -0.4 is 9.47 Å². The van der Waals surface area contributed by atoms with Crippen LogP contribution in [0, 0.1) is 0 Å². The van der Waals surface area contributed by atoms with E-state index < -0.39 is 22.0 Å². The fourth-order valence-electron chi connectivity index (χ4n) is 3.41. The molecule has 1 atom stereocenters. The van der Waals surface area contributed by atoms with Gasteiger partial charge in [-0.2, -0.15) is 4.31 Å². The van der Waals surface area contributed by atoms with Gasteiger partial charge in [0, 0.05) is 11.6 Å². The molecule has 2 aromatic rings. The second-order valence-electron chi connectivity index (χ2n) is 6.34. The van der Waals surface area contributed by atoms with Gasteiger partial charge in [-0.1, -0.05) is 11.6 Å². The third-order valence-electron chi connectivity index (χ3n) is 4.74. The largest absolute Gasteiger partial charge is 0.493 e. The van der Waals surface area contributed by atoms with Gasteiger partial charge in [0.05, 0.1) is 31.6 Å². The summed E-state index contributed by atoms with van der Waals surface area (Å²) in [6.45, 7) is 0.158. The third kappa shape index (κ3) is 3.80. The molecule has 0 amide bonds. The molecule has 0 radical (unpaired) electrons. The van der Waals surface area contributed by atoms with E-state index in [9.17, 15) is 18.3 Å². The standard InChI is InChI=1S/C19H20ClNO6S/c1-26-17-9-12-7-8-21(28(24,25)14-5-3-13(20)4-6-14)16(11-19(22)23)15(12)10-18(17)27-2/h3-6,9-10,16H,7-8,11H2,1-2H3,(H,22,23)/t16-/m1/s1. The second kappa shape index (κ2) is 7.98. The van der Waals surface area contributed by atoms with E-state index in [1.54, 1.807) is 12.1 Å². The molecule has 0 saturated heterocycles. The molecule has 0 bridgehead atoms. The Bertz CT molecular complexity index is 990. The number of methoxy groups -OCH3 is 2. The van der Waals surface area contributed by atoms with Gasteiger partial charge in [0.1, 0.15) is 0 Å². The van der Waals surface area contributed by atoms with E-state index in [2.05, 4.69) is 0 Å². The summed E-state index contributed by atoms with van der Waals surface area (Å²) in [5, 5.41) is 9.83. The van der Waals surface area contributed by atoms with Gasteiger partial charge >= 0.3 is 5.97 Å². The molecule has 0 aliphatic carbocycles. The number of benzene rings is 2. The first kappa shape index (κ1) is 20.4. The molecule has 7 nitrogen and oxygen atoms in total. The van der Waals surface area contributed by atoms with Crippen LogP contribution >= 0.6 is 11.6 Å². The molecule has 0 saturated carbocycles. The number of ether oxygens (including phenoxy) is 2. The SMILES string of the molecule is COc1cc2c(cc1OC)[C@@H](CC(=O)O)N(S(=O)(=O)c1ccc(Cl)cc1)CC2. The van der Waals surface area contributed by atoms with Crippen LogP contribution in [0.4, 0.5) is 0 Å². The van der Waals surface area contributed by atoms with Gasteiger partial charge in [0.15, 0.2) is 11.5 Å². The number of carboxylic acid groups (broad SMARTS) is 1. The molecule has 1 aliphatic rings. The third-order valence-corrected chi connectivity index (χ3v) is 6.92. The normalized spacial score (nSPS) is 17.0. The van der Waals surface area contributed by atoms with Crippen molar-refractivity contribution in [2.24, 2.45) is 0 Å². The van der Waals surface area contributed by atoms with Crippen molar-refractivity contribution < 1.29 is 27.8 Å². The van der Waals surface area contributed by atoms with Crippen LogP contribution in [0.1, 0.15) is 23.6 Å².